The SMILES string of the molecule is CC1CCCC(n2cnc(-c3ccc(Cl)cc3N(N)/C=C(\N)C(F)(F)F)cc2=O)c2cc(ccn2)-c2c(cnn2C(F)F)NC1=O. The lowest BCUT2D eigenvalue weighted by molar-refractivity contribution is -0.119. The second-order valence-corrected chi connectivity index (χ2v) is 11.0. The maximum atomic E-state index is 13.9. The molecule has 0 saturated carbocycles. The van der Waals surface area contributed by atoms with Crippen molar-refractivity contribution in [3.63, 3.8) is 0 Å². The number of rotatable bonds is 5. The highest BCUT2D eigenvalue weighted by Gasteiger charge is 2.32. The number of allylic oxidation sites excluding steroid dienone is 1. The van der Waals surface area contributed by atoms with Crippen LogP contribution in [0.1, 0.15) is 44.5 Å². The van der Waals surface area contributed by atoms with E-state index in [1.54, 1.807) is 13.0 Å². The summed E-state index contributed by atoms with van der Waals surface area (Å²) in [5.41, 5.74) is 4.11. The predicted octanol–water partition coefficient (Wildman–Crippen LogP) is 5.61. The van der Waals surface area contributed by atoms with Crippen LogP contribution in [-0.2, 0) is 4.79 Å². The monoisotopic (exact) mass is 663 g/mol. The third-order valence-corrected chi connectivity index (χ3v) is 7.72. The lowest BCUT2D eigenvalue weighted by Gasteiger charge is -2.23. The Labute approximate surface area is 263 Å². The average Bonchev–Trinajstić information content (AvgIpc) is 3.42. The van der Waals surface area contributed by atoms with Crippen LogP contribution in [0.15, 0.2) is 71.8 Å². The summed E-state index contributed by atoms with van der Waals surface area (Å²) < 4.78 is 68.8. The summed E-state index contributed by atoms with van der Waals surface area (Å²) >= 11 is 6.09. The van der Waals surface area contributed by atoms with E-state index in [0.717, 1.165) is 6.20 Å². The van der Waals surface area contributed by atoms with Crippen molar-refractivity contribution in [2.24, 2.45) is 17.5 Å². The number of nitrogens with two attached hydrogens (primary N) is 2. The number of fused-ring (bicyclic) bond motifs is 4. The molecule has 11 nitrogen and oxygen atoms in total. The van der Waals surface area contributed by atoms with Crippen LogP contribution in [0.4, 0.5) is 33.3 Å². The lowest BCUT2D eigenvalue weighted by Crippen LogP contribution is -2.30. The second kappa shape index (κ2) is 12.9. The molecule has 1 aliphatic rings. The summed E-state index contributed by atoms with van der Waals surface area (Å²) in [5.74, 6) is 5.03. The quantitative estimate of drug-likeness (QED) is 0.142. The fourth-order valence-corrected chi connectivity index (χ4v) is 5.29. The van der Waals surface area contributed by atoms with Crippen molar-refractivity contribution in [1.82, 2.24) is 24.3 Å². The number of nitrogens with one attached hydrogen (secondary N) is 1. The van der Waals surface area contributed by atoms with E-state index in [-0.39, 0.29) is 44.8 Å². The maximum Gasteiger partial charge on any atom is 0.432 e. The molecule has 5 rings (SSSR count). The summed E-state index contributed by atoms with van der Waals surface area (Å²) in [4.78, 5) is 35.3. The number of hydrogen-bond donors (Lipinski definition) is 3. The van der Waals surface area contributed by atoms with Crippen LogP contribution in [0, 0.1) is 5.92 Å². The molecule has 4 aromatic rings. The number of alkyl halides is 5. The maximum absolute atomic E-state index is 13.9. The summed E-state index contributed by atoms with van der Waals surface area (Å²) in [6.45, 7) is -1.30. The Hall–Kier alpha value is -4.83. The lowest BCUT2D eigenvalue weighted by atomic mass is 9.97. The van der Waals surface area contributed by atoms with Crippen LogP contribution >= 0.6 is 11.6 Å². The fraction of sp³-hybridized carbons (Fsp3) is 0.276. The molecule has 242 valence electrons. The number of amides is 1. The van der Waals surface area contributed by atoms with Crippen LogP contribution in [0.25, 0.3) is 22.5 Å². The van der Waals surface area contributed by atoms with E-state index >= 15 is 0 Å². The largest absolute Gasteiger partial charge is 0.432 e. The van der Waals surface area contributed by atoms with Crippen LogP contribution in [-0.4, -0.2) is 36.4 Å². The molecule has 3 aromatic heterocycles. The normalized spacial score (nSPS) is 17.6. The van der Waals surface area contributed by atoms with Crippen molar-refractivity contribution in [3.05, 3.63) is 88.1 Å². The van der Waals surface area contributed by atoms with E-state index in [4.69, 9.17) is 23.2 Å². The van der Waals surface area contributed by atoms with Crippen molar-refractivity contribution in [3.8, 4) is 22.5 Å². The molecular weight excluding hydrogens is 637 g/mol. The number of hydrogen-bond acceptors (Lipinski definition) is 8. The topological polar surface area (TPSA) is 150 Å². The number of halogens is 6. The highest BCUT2D eigenvalue weighted by molar-refractivity contribution is 6.31. The van der Waals surface area contributed by atoms with Gasteiger partial charge in [-0.2, -0.15) is 27.1 Å². The molecule has 0 aliphatic carbocycles. The Morgan fingerprint density at radius 3 is 2.61 bits per heavy atom. The number of anilines is 2. The zero-order valence-corrected chi connectivity index (χ0v) is 24.8. The fourth-order valence-electron chi connectivity index (χ4n) is 5.12. The van der Waals surface area contributed by atoms with Gasteiger partial charge in [0.2, 0.25) is 5.91 Å². The van der Waals surface area contributed by atoms with Gasteiger partial charge in [0.15, 0.2) is 0 Å². The first-order valence-electron chi connectivity index (χ1n) is 13.8. The number of hydrazine groups is 1. The van der Waals surface area contributed by atoms with E-state index in [2.05, 4.69) is 20.4 Å². The van der Waals surface area contributed by atoms with E-state index in [1.807, 2.05) is 0 Å². The van der Waals surface area contributed by atoms with E-state index < -0.39 is 35.9 Å². The molecule has 0 radical (unpaired) electrons. The molecule has 46 heavy (non-hydrogen) atoms. The first-order valence-corrected chi connectivity index (χ1v) is 14.2. The van der Waals surface area contributed by atoms with Gasteiger partial charge in [0, 0.05) is 40.5 Å². The number of carbonyl (C=O) groups excluding carboxylic acids is 1. The van der Waals surface area contributed by atoms with Gasteiger partial charge < -0.3 is 11.1 Å². The highest BCUT2D eigenvalue weighted by Crippen LogP contribution is 2.36. The molecule has 2 atom stereocenters. The second-order valence-electron chi connectivity index (χ2n) is 10.6. The molecule has 1 amide bonds. The summed E-state index contributed by atoms with van der Waals surface area (Å²) in [6.07, 6.45) is 0.692. The van der Waals surface area contributed by atoms with Gasteiger partial charge in [-0.05, 0) is 43.2 Å². The first-order chi connectivity index (χ1) is 21.7. The smallest absolute Gasteiger partial charge is 0.393 e. The summed E-state index contributed by atoms with van der Waals surface area (Å²) in [7, 11) is 0. The van der Waals surface area contributed by atoms with Crippen molar-refractivity contribution in [2.75, 3.05) is 10.3 Å². The van der Waals surface area contributed by atoms with Crippen molar-refractivity contribution in [1.29, 1.82) is 0 Å². The minimum atomic E-state index is -4.84. The number of aromatic nitrogens is 5. The molecule has 2 unspecified atom stereocenters. The highest BCUT2D eigenvalue weighted by atomic mass is 35.5. The molecule has 5 N–H and O–H groups in total. The number of carbonyl (C=O) groups is 1. The Morgan fingerprint density at radius 1 is 1.15 bits per heavy atom. The van der Waals surface area contributed by atoms with Gasteiger partial charge >= 0.3 is 12.7 Å². The van der Waals surface area contributed by atoms with Gasteiger partial charge in [0.1, 0.15) is 5.70 Å². The third-order valence-electron chi connectivity index (χ3n) is 7.49. The Balaban J connectivity index is 1.58. The van der Waals surface area contributed by atoms with Crippen molar-refractivity contribution in [2.45, 2.75) is 45.0 Å². The zero-order chi connectivity index (χ0) is 33.3. The molecule has 1 aromatic carbocycles. The zero-order valence-electron chi connectivity index (χ0n) is 24.0. The Bertz CT molecular complexity index is 1860. The predicted molar refractivity (Wildman–Crippen MR) is 160 cm³/mol. The Morgan fingerprint density at radius 2 is 1.91 bits per heavy atom. The van der Waals surface area contributed by atoms with Gasteiger partial charge in [0.25, 0.3) is 5.56 Å². The van der Waals surface area contributed by atoms with Crippen LogP contribution < -0.4 is 27.5 Å². The molecule has 0 fully saturated rings. The molecule has 4 heterocycles. The van der Waals surface area contributed by atoms with Gasteiger partial charge in [-0.3, -0.25) is 24.1 Å². The van der Waals surface area contributed by atoms with Crippen LogP contribution in [0.2, 0.25) is 5.02 Å². The summed E-state index contributed by atoms with van der Waals surface area (Å²) in [5, 5.41) is 7.24. The molecule has 1 aliphatic heterocycles. The number of benzene rings is 1. The molecule has 2 bridgehead atoms. The van der Waals surface area contributed by atoms with Gasteiger partial charge in [-0.1, -0.05) is 24.9 Å². The first kappa shape index (κ1) is 32.6. The van der Waals surface area contributed by atoms with Crippen LogP contribution in [0.5, 0.6) is 0 Å². The average molecular weight is 664 g/mol. The molecule has 17 heteroatoms. The molecule has 0 spiro atoms. The molecule has 0 saturated heterocycles. The standard InChI is InChI=1S/C29H27ClF5N9O2/c1-15-3-2-4-22(20-9-16(7-8-38-20)26-21(41-27(15)46)12-40-44(26)28(31)32)42-14-39-19(11-25(42)45)18-6-5-17(30)10-23(18)43(37)13-24(36)29(33,34)35/h5-15,22,28H,2-4,36-37H2,1H3,(H,41,46)/b24-13-. The van der Waals surface area contributed by atoms with Crippen molar-refractivity contribution >= 4 is 28.9 Å². The van der Waals surface area contributed by atoms with E-state index in [0.29, 0.717) is 40.8 Å². The van der Waals surface area contributed by atoms with E-state index in [9.17, 15) is 31.5 Å². The van der Waals surface area contributed by atoms with Gasteiger partial charge in [0.05, 0.1) is 47.0 Å². The minimum absolute atomic E-state index is 0.0107. The van der Waals surface area contributed by atoms with Crippen LogP contribution in [0.3, 0.4) is 0 Å². The number of pyridine rings is 1. The van der Waals surface area contributed by atoms with E-state index in [1.165, 1.54) is 47.4 Å². The Kier molecular flexibility index (Phi) is 9.12. The minimum Gasteiger partial charge on any atom is -0.393 e. The summed E-state index contributed by atoms with van der Waals surface area (Å²) in [6, 6.07) is 7.68. The van der Waals surface area contributed by atoms with Gasteiger partial charge in [-0.25, -0.2) is 15.5 Å². The molecular formula is C29H27ClF5N9O2. The van der Waals surface area contributed by atoms with Crippen molar-refractivity contribution < 1.29 is 26.7 Å². The number of nitrogens with zero attached hydrogens (tertiary/aromatic N) is 6. The van der Waals surface area contributed by atoms with Gasteiger partial charge in [-0.15, -0.1) is 0 Å². The third kappa shape index (κ3) is 6.72.